The summed E-state index contributed by atoms with van der Waals surface area (Å²) in [5.41, 5.74) is 1.23. The number of halogens is 3. The number of hydrogen-bond acceptors (Lipinski definition) is 3. The van der Waals surface area contributed by atoms with E-state index in [9.17, 15) is 21.6 Å². The Balaban J connectivity index is 2.99. The van der Waals surface area contributed by atoms with Crippen LogP contribution in [0.3, 0.4) is 0 Å². The van der Waals surface area contributed by atoms with Crippen LogP contribution in [0, 0.1) is 6.92 Å². The van der Waals surface area contributed by atoms with Crippen LogP contribution in [0.15, 0.2) is 23.1 Å². The largest absolute Gasteiger partial charge is 0.390 e. The zero-order chi connectivity index (χ0) is 16.3. The Morgan fingerprint density at radius 1 is 1.29 bits per heavy atom. The van der Waals surface area contributed by atoms with Crippen molar-refractivity contribution in [1.29, 1.82) is 0 Å². The van der Waals surface area contributed by atoms with Crippen LogP contribution in [-0.4, -0.2) is 27.7 Å². The summed E-state index contributed by atoms with van der Waals surface area (Å²) in [6.07, 6.45) is -5.62. The van der Waals surface area contributed by atoms with Gasteiger partial charge in [0, 0.05) is 12.6 Å². The van der Waals surface area contributed by atoms with E-state index < -0.39 is 28.7 Å². The average molecular weight is 324 g/mol. The van der Waals surface area contributed by atoms with E-state index in [-0.39, 0.29) is 4.90 Å². The maximum Gasteiger partial charge on any atom is 0.390 e. The van der Waals surface area contributed by atoms with Crippen molar-refractivity contribution >= 4 is 10.0 Å². The molecule has 2 N–H and O–H groups in total. The highest BCUT2D eigenvalue weighted by molar-refractivity contribution is 7.89. The van der Waals surface area contributed by atoms with Crippen LogP contribution < -0.4 is 10.0 Å². The van der Waals surface area contributed by atoms with E-state index in [1.807, 2.05) is 0 Å². The normalized spacial score (nSPS) is 14.2. The molecule has 120 valence electrons. The van der Waals surface area contributed by atoms with Crippen LogP contribution >= 0.6 is 0 Å². The van der Waals surface area contributed by atoms with Gasteiger partial charge in [0.2, 0.25) is 10.0 Å². The van der Waals surface area contributed by atoms with Crippen LogP contribution in [0.2, 0.25) is 0 Å². The van der Waals surface area contributed by atoms with E-state index in [0.717, 1.165) is 5.56 Å². The van der Waals surface area contributed by atoms with Gasteiger partial charge in [-0.1, -0.05) is 12.1 Å². The SMILES string of the molecule is CNCc1ccc(C)c(S(=O)(=O)NC(C)CC(F)(F)F)c1. The molecule has 4 nitrogen and oxygen atoms in total. The van der Waals surface area contributed by atoms with Crippen molar-refractivity contribution in [3.63, 3.8) is 0 Å². The molecule has 1 unspecified atom stereocenters. The second-order valence-electron chi connectivity index (χ2n) is 4.97. The minimum Gasteiger partial charge on any atom is -0.316 e. The Bertz CT molecular complexity index is 586. The van der Waals surface area contributed by atoms with Gasteiger partial charge in [-0.15, -0.1) is 0 Å². The lowest BCUT2D eigenvalue weighted by molar-refractivity contribution is -0.137. The Morgan fingerprint density at radius 2 is 1.90 bits per heavy atom. The summed E-state index contributed by atoms with van der Waals surface area (Å²) in [6.45, 7) is 3.27. The highest BCUT2D eigenvalue weighted by Gasteiger charge is 2.32. The Kier molecular flexibility index (Phi) is 5.77. The minimum absolute atomic E-state index is 0.00396. The second kappa shape index (κ2) is 6.76. The molecule has 0 radical (unpaired) electrons. The molecular formula is C13H19F3N2O2S. The Morgan fingerprint density at radius 3 is 2.43 bits per heavy atom. The predicted molar refractivity (Wildman–Crippen MR) is 74.4 cm³/mol. The molecule has 0 saturated heterocycles. The third kappa shape index (κ3) is 5.64. The van der Waals surface area contributed by atoms with E-state index in [4.69, 9.17) is 0 Å². The van der Waals surface area contributed by atoms with Gasteiger partial charge in [0.1, 0.15) is 0 Å². The molecule has 0 aromatic heterocycles. The average Bonchev–Trinajstić information content (AvgIpc) is 2.28. The van der Waals surface area contributed by atoms with E-state index in [2.05, 4.69) is 10.0 Å². The van der Waals surface area contributed by atoms with Crippen LogP contribution in [0.5, 0.6) is 0 Å². The van der Waals surface area contributed by atoms with Crippen molar-refractivity contribution in [2.24, 2.45) is 0 Å². The molecule has 1 aromatic rings. The summed E-state index contributed by atoms with van der Waals surface area (Å²) in [6, 6.07) is 3.65. The summed E-state index contributed by atoms with van der Waals surface area (Å²) >= 11 is 0. The van der Waals surface area contributed by atoms with E-state index in [1.54, 1.807) is 26.1 Å². The van der Waals surface area contributed by atoms with Crippen LogP contribution in [0.25, 0.3) is 0 Å². The first-order valence-corrected chi connectivity index (χ1v) is 7.86. The lowest BCUT2D eigenvalue weighted by Crippen LogP contribution is -2.36. The zero-order valence-corrected chi connectivity index (χ0v) is 12.9. The molecule has 1 aromatic carbocycles. The summed E-state index contributed by atoms with van der Waals surface area (Å²) < 4.78 is 63.3. The molecule has 21 heavy (non-hydrogen) atoms. The molecule has 0 spiro atoms. The molecule has 1 atom stereocenters. The van der Waals surface area contributed by atoms with Gasteiger partial charge in [0.15, 0.2) is 0 Å². The first kappa shape index (κ1) is 17.9. The standard InChI is InChI=1S/C13H19F3N2O2S/c1-9-4-5-11(8-17-3)6-12(9)21(19,20)18-10(2)7-13(14,15)16/h4-6,10,17-18H,7-8H2,1-3H3. The quantitative estimate of drug-likeness (QED) is 0.844. The molecule has 0 fully saturated rings. The third-order valence-corrected chi connectivity index (χ3v) is 4.55. The number of nitrogens with one attached hydrogen (secondary N) is 2. The first-order chi connectivity index (χ1) is 9.55. The number of sulfonamides is 1. The maximum absolute atomic E-state index is 12.3. The van der Waals surface area contributed by atoms with E-state index in [1.165, 1.54) is 13.0 Å². The smallest absolute Gasteiger partial charge is 0.316 e. The summed E-state index contributed by atoms with van der Waals surface area (Å²) in [5, 5.41) is 2.89. The van der Waals surface area contributed by atoms with Crippen molar-refractivity contribution in [3.05, 3.63) is 29.3 Å². The number of alkyl halides is 3. The summed E-state index contributed by atoms with van der Waals surface area (Å²) in [7, 11) is -2.26. The van der Waals surface area contributed by atoms with Gasteiger partial charge in [0.25, 0.3) is 0 Å². The van der Waals surface area contributed by atoms with Crippen LogP contribution in [0.4, 0.5) is 13.2 Å². The maximum atomic E-state index is 12.3. The third-order valence-electron chi connectivity index (χ3n) is 2.82. The van der Waals surface area contributed by atoms with Gasteiger partial charge >= 0.3 is 6.18 Å². The fourth-order valence-electron chi connectivity index (χ4n) is 1.97. The lowest BCUT2D eigenvalue weighted by atomic mass is 10.1. The number of aryl methyl sites for hydroxylation is 1. The molecular weight excluding hydrogens is 305 g/mol. The fourth-order valence-corrected chi connectivity index (χ4v) is 3.50. The predicted octanol–water partition coefficient (Wildman–Crippen LogP) is 2.33. The first-order valence-electron chi connectivity index (χ1n) is 6.38. The lowest BCUT2D eigenvalue weighted by Gasteiger charge is -2.17. The fraction of sp³-hybridized carbons (Fsp3) is 0.538. The molecule has 0 bridgehead atoms. The molecule has 0 saturated carbocycles. The topological polar surface area (TPSA) is 58.2 Å². The molecule has 0 heterocycles. The minimum atomic E-state index is -4.41. The number of rotatable bonds is 6. The zero-order valence-electron chi connectivity index (χ0n) is 12.1. The molecule has 0 aliphatic carbocycles. The molecule has 0 aliphatic rings. The van der Waals surface area contributed by atoms with Gasteiger partial charge < -0.3 is 5.32 Å². The van der Waals surface area contributed by atoms with Crippen molar-refractivity contribution in [2.45, 2.75) is 43.9 Å². The summed E-state index contributed by atoms with van der Waals surface area (Å²) in [4.78, 5) is 0.00396. The highest BCUT2D eigenvalue weighted by Crippen LogP contribution is 2.23. The van der Waals surface area contributed by atoms with Crippen molar-refractivity contribution < 1.29 is 21.6 Å². The Labute approximate surface area is 122 Å². The van der Waals surface area contributed by atoms with E-state index >= 15 is 0 Å². The van der Waals surface area contributed by atoms with Crippen molar-refractivity contribution in [1.82, 2.24) is 10.0 Å². The molecule has 8 heteroatoms. The number of benzene rings is 1. The number of hydrogen-bond donors (Lipinski definition) is 2. The van der Waals surface area contributed by atoms with E-state index in [0.29, 0.717) is 12.1 Å². The van der Waals surface area contributed by atoms with Gasteiger partial charge in [-0.05, 0) is 38.1 Å². The highest BCUT2D eigenvalue weighted by atomic mass is 32.2. The monoisotopic (exact) mass is 324 g/mol. The molecule has 1 rings (SSSR count). The van der Waals surface area contributed by atoms with Crippen LogP contribution in [-0.2, 0) is 16.6 Å². The molecule has 0 amide bonds. The van der Waals surface area contributed by atoms with Crippen molar-refractivity contribution in [3.8, 4) is 0 Å². The van der Waals surface area contributed by atoms with Crippen molar-refractivity contribution in [2.75, 3.05) is 7.05 Å². The second-order valence-corrected chi connectivity index (χ2v) is 6.65. The molecule has 0 aliphatic heterocycles. The Hall–Kier alpha value is -1.12. The van der Waals surface area contributed by atoms with Gasteiger partial charge in [-0.2, -0.15) is 13.2 Å². The van der Waals surface area contributed by atoms with Gasteiger partial charge in [-0.25, -0.2) is 13.1 Å². The summed E-state index contributed by atoms with van der Waals surface area (Å²) in [5.74, 6) is 0. The van der Waals surface area contributed by atoms with Gasteiger partial charge in [-0.3, -0.25) is 0 Å². The van der Waals surface area contributed by atoms with Crippen LogP contribution in [0.1, 0.15) is 24.5 Å². The van der Waals surface area contributed by atoms with Gasteiger partial charge in [0.05, 0.1) is 11.3 Å².